The first-order chi connectivity index (χ1) is 5.15. The van der Waals surface area contributed by atoms with Crippen LogP contribution in [0.4, 0.5) is 8.78 Å². The molecular weight excluding hydrogens is 150 g/mol. The summed E-state index contributed by atoms with van der Waals surface area (Å²) in [6.45, 7) is 1.36. The van der Waals surface area contributed by atoms with Crippen LogP contribution in [0.25, 0.3) is 0 Å². The van der Waals surface area contributed by atoms with E-state index in [4.69, 9.17) is 5.11 Å². The van der Waals surface area contributed by atoms with Gasteiger partial charge in [-0.05, 0) is 30.2 Å². The van der Waals surface area contributed by atoms with Crippen molar-refractivity contribution >= 4 is 0 Å². The molecule has 0 radical (unpaired) electrons. The van der Waals surface area contributed by atoms with E-state index in [1.807, 2.05) is 0 Å². The molecule has 0 fully saturated rings. The standard InChI is InChI=1S/C8H8F2O/c1-5-2-7(9)8(10)3-6(5)4-11/h2-3,11H,4H2,1H3. The second kappa shape index (κ2) is 2.96. The highest BCUT2D eigenvalue weighted by Gasteiger charge is 2.04. The number of rotatable bonds is 1. The van der Waals surface area contributed by atoms with E-state index in [1.54, 1.807) is 6.92 Å². The molecule has 0 bridgehead atoms. The van der Waals surface area contributed by atoms with Gasteiger partial charge in [-0.25, -0.2) is 8.78 Å². The summed E-state index contributed by atoms with van der Waals surface area (Å²) in [5.41, 5.74) is 0.982. The molecule has 0 atom stereocenters. The highest BCUT2D eigenvalue weighted by molar-refractivity contribution is 5.26. The van der Waals surface area contributed by atoms with Crippen molar-refractivity contribution in [3.63, 3.8) is 0 Å². The predicted molar refractivity (Wildman–Crippen MR) is 37.0 cm³/mol. The topological polar surface area (TPSA) is 20.2 Å². The van der Waals surface area contributed by atoms with Gasteiger partial charge in [0, 0.05) is 0 Å². The Morgan fingerprint density at radius 1 is 1.27 bits per heavy atom. The van der Waals surface area contributed by atoms with Crippen LogP contribution < -0.4 is 0 Å². The van der Waals surface area contributed by atoms with Crippen LogP contribution in [0.5, 0.6) is 0 Å². The molecule has 0 spiro atoms. The average molecular weight is 158 g/mol. The first kappa shape index (κ1) is 8.14. The molecule has 1 aromatic rings. The molecule has 0 amide bonds. The van der Waals surface area contributed by atoms with Crippen LogP contribution in [0.15, 0.2) is 12.1 Å². The number of halogens is 2. The lowest BCUT2D eigenvalue weighted by Crippen LogP contribution is -1.93. The first-order valence-corrected chi connectivity index (χ1v) is 3.20. The summed E-state index contributed by atoms with van der Waals surface area (Å²) in [5.74, 6) is -1.79. The smallest absolute Gasteiger partial charge is 0.159 e. The Morgan fingerprint density at radius 2 is 1.82 bits per heavy atom. The predicted octanol–water partition coefficient (Wildman–Crippen LogP) is 1.77. The number of hydrogen-bond acceptors (Lipinski definition) is 1. The van der Waals surface area contributed by atoms with Crippen LogP contribution in [0.3, 0.4) is 0 Å². The minimum Gasteiger partial charge on any atom is -0.392 e. The Hall–Kier alpha value is -0.960. The van der Waals surface area contributed by atoms with Crippen molar-refractivity contribution in [2.75, 3.05) is 0 Å². The third-order valence-electron chi connectivity index (χ3n) is 1.55. The Morgan fingerprint density at radius 3 is 2.36 bits per heavy atom. The molecule has 60 valence electrons. The van der Waals surface area contributed by atoms with Crippen molar-refractivity contribution in [1.29, 1.82) is 0 Å². The van der Waals surface area contributed by atoms with Crippen molar-refractivity contribution in [2.24, 2.45) is 0 Å². The molecule has 0 saturated heterocycles. The molecule has 0 aliphatic rings. The monoisotopic (exact) mass is 158 g/mol. The summed E-state index contributed by atoms with van der Waals surface area (Å²) < 4.78 is 24.9. The fourth-order valence-corrected chi connectivity index (χ4v) is 0.858. The summed E-state index contributed by atoms with van der Waals surface area (Å²) in [5, 5.41) is 8.64. The van der Waals surface area contributed by atoms with Gasteiger partial charge in [0.1, 0.15) is 0 Å². The van der Waals surface area contributed by atoms with Gasteiger partial charge in [-0.2, -0.15) is 0 Å². The molecule has 11 heavy (non-hydrogen) atoms. The van der Waals surface area contributed by atoms with Crippen LogP contribution in [0, 0.1) is 18.6 Å². The minimum absolute atomic E-state index is 0.261. The van der Waals surface area contributed by atoms with Gasteiger partial charge < -0.3 is 5.11 Å². The highest BCUT2D eigenvalue weighted by atomic mass is 19.2. The average Bonchev–Trinajstić information content (AvgIpc) is 1.97. The third kappa shape index (κ3) is 1.54. The van der Waals surface area contributed by atoms with E-state index in [9.17, 15) is 8.78 Å². The van der Waals surface area contributed by atoms with E-state index in [0.29, 0.717) is 11.1 Å². The van der Waals surface area contributed by atoms with E-state index >= 15 is 0 Å². The van der Waals surface area contributed by atoms with Gasteiger partial charge in [0.25, 0.3) is 0 Å². The van der Waals surface area contributed by atoms with Crippen molar-refractivity contribution in [3.05, 3.63) is 34.9 Å². The second-order valence-electron chi connectivity index (χ2n) is 2.35. The molecule has 3 heteroatoms. The summed E-state index contributed by atoms with van der Waals surface area (Å²) in [6, 6.07) is 2.07. The Bertz CT molecular complexity index is 271. The highest BCUT2D eigenvalue weighted by Crippen LogP contribution is 2.13. The molecule has 0 aliphatic heterocycles. The SMILES string of the molecule is Cc1cc(F)c(F)cc1CO. The van der Waals surface area contributed by atoms with Gasteiger partial charge in [0.15, 0.2) is 11.6 Å². The summed E-state index contributed by atoms with van der Waals surface area (Å²) in [6.07, 6.45) is 0. The lowest BCUT2D eigenvalue weighted by molar-refractivity contribution is 0.280. The first-order valence-electron chi connectivity index (χ1n) is 3.20. The minimum atomic E-state index is -0.917. The van der Waals surface area contributed by atoms with E-state index in [2.05, 4.69) is 0 Å². The Labute approximate surface area is 63.3 Å². The lowest BCUT2D eigenvalue weighted by Gasteiger charge is -2.01. The molecule has 1 N–H and O–H groups in total. The number of aliphatic hydroxyl groups excluding tert-OH is 1. The quantitative estimate of drug-likeness (QED) is 0.660. The van der Waals surface area contributed by atoms with Crippen LogP contribution in [0.1, 0.15) is 11.1 Å². The van der Waals surface area contributed by atoms with Gasteiger partial charge in [0.05, 0.1) is 6.61 Å². The van der Waals surface area contributed by atoms with Crippen molar-refractivity contribution in [1.82, 2.24) is 0 Å². The molecule has 0 unspecified atom stereocenters. The third-order valence-corrected chi connectivity index (χ3v) is 1.55. The maximum Gasteiger partial charge on any atom is 0.159 e. The van der Waals surface area contributed by atoms with Crippen LogP contribution in [-0.2, 0) is 6.61 Å². The fourth-order valence-electron chi connectivity index (χ4n) is 0.858. The van der Waals surface area contributed by atoms with E-state index < -0.39 is 11.6 Å². The van der Waals surface area contributed by atoms with Gasteiger partial charge in [0.2, 0.25) is 0 Å². The molecule has 1 rings (SSSR count). The van der Waals surface area contributed by atoms with Crippen LogP contribution in [-0.4, -0.2) is 5.11 Å². The van der Waals surface area contributed by atoms with E-state index in [0.717, 1.165) is 12.1 Å². The van der Waals surface area contributed by atoms with Crippen LogP contribution in [0.2, 0.25) is 0 Å². The number of aliphatic hydroxyl groups is 1. The summed E-state index contributed by atoms with van der Waals surface area (Å²) >= 11 is 0. The maximum atomic E-state index is 12.5. The van der Waals surface area contributed by atoms with Gasteiger partial charge in [-0.3, -0.25) is 0 Å². The lowest BCUT2D eigenvalue weighted by atomic mass is 10.1. The Balaban J connectivity index is 3.21. The number of benzene rings is 1. The zero-order valence-electron chi connectivity index (χ0n) is 6.06. The fraction of sp³-hybridized carbons (Fsp3) is 0.250. The second-order valence-corrected chi connectivity index (χ2v) is 2.35. The molecule has 1 aromatic carbocycles. The van der Waals surface area contributed by atoms with Crippen molar-refractivity contribution < 1.29 is 13.9 Å². The van der Waals surface area contributed by atoms with Crippen molar-refractivity contribution in [3.8, 4) is 0 Å². The Kier molecular flexibility index (Phi) is 2.19. The largest absolute Gasteiger partial charge is 0.392 e. The summed E-state index contributed by atoms with van der Waals surface area (Å²) in [4.78, 5) is 0. The molecule has 0 aromatic heterocycles. The normalized spacial score (nSPS) is 10.2. The zero-order chi connectivity index (χ0) is 8.43. The van der Waals surface area contributed by atoms with Crippen LogP contribution >= 0.6 is 0 Å². The zero-order valence-corrected chi connectivity index (χ0v) is 6.06. The number of hydrogen-bond donors (Lipinski definition) is 1. The van der Waals surface area contributed by atoms with E-state index in [1.165, 1.54) is 0 Å². The molecular formula is C8H8F2O. The number of aryl methyl sites for hydroxylation is 1. The van der Waals surface area contributed by atoms with Gasteiger partial charge in [-0.1, -0.05) is 0 Å². The van der Waals surface area contributed by atoms with E-state index in [-0.39, 0.29) is 6.61 Å². The maximum absolute atomic E-state index is 12.5. The van der Waals surface area contributed by atoms with Gasteiger partial charge >= 0.3 is 0 Å². The molecule has 0 saturated carbocycles. The van der Waals surface area contributed by atoms with Gasteiger partial charge in [-0.15, -0.1) is 0 Å². The molecule has 0 heterocycles. The van der Waals surface area contributed by atoms with Crippen molar-refractivity contribution in [2.45, 2.75) is 13.5 Å². The molecule has 0 aliphatic carbocycles. The summed E-state index contributed by atoms with van der Waals surface area (Å²) in [7, 11) is 0. The molecule has 1 nitrogen and oxygen atoms in total.